The summed E-state index contributed by atoms with van der Waals surface area (Å²) < 4.78 is 1.04. The molecular weight excluding hydrogens is 262 g/mol. The average molecular weight is 274 g/mol. The van der Waals surface area contributed by atoms with Crippen LogP contribution in [0.2, 0.25) is 0 Å². The van der Waals surface area contributed by atoms with Gasteiger partial charge in [0, 0.05) is 4.47 Å². The van der Waals surface area contributed by atoms with E-state index in [2.05, 4.69) is 40.2 Å². The molecule has 0 atom stereocenters. The van der Waals surface area contributed by atoms with Crippen LogP contribution in [0, 0.1) is 11.3 Å². The highest BCUT2D eigenvalue weighted by Crippen LogP contribution is 2.31. The lowest BCUT2D eigenvalue weighted by Crippen LogP contribution is -2.14. The zero-order valence-electron chi connectivity index (χ0n) is 9.29. The van der Waals surface area contributed by atoms with E-state index in [4.69, 9.17) is 0 Å². The molecule has 0 aliphatic heterocycles. The van der Waals surface area contributed by atoms with Gasteiger partial charge in [0.15, 0.2) is 0 Å². The monoisotopic (exact) mass is 273 g/mol. The Morgan fingerprint density at radius 2 is 1.94 bits per heavy atom. The van der Waals surface area contributed by atoms with Crippen molar-refractivity contribution in [3.05, 3.63) is 46.4 Å². The Bertz CT molecular complexity index is 579. The van der Waals surface area contributed by atoms with Gasteiger partial charge in [0.1, 0.15) is 0 Å². The molecular formula is C14H12BrN. The molecule has 0 unspecified atom stereocenters. The Morgan fingerprint density at radius 1 is 1.19 bits per heavy atom. The topological polar surface area (TPSA) is 23.8 Å². The number of fused-ring (bicyclic) bond motifs is 1. The van der Waals surface area contributed by atoms with Crippen LogP contribution in [0.25, 0.3) is 10.8 Å². The Labute approximate surface area is 104 Å². The Hall–Kier alpha value is -1.33. The molecule has 0 N–H and O–H groups in total. The van der Waals surface area contributed by atoms with Crippen molar-refractivity contribution in [2.45, 2.75) is 19.3 Å². The van der Waals surface area contributed by atoms with Crippen LogP contribution in [0.3, 0.4) is 0 Å². The summed E-state index contributed by atoms with van der Waals surface area (Å²) in [6.45, 7) is 3.89. The summed E-state index contributed by atoms with van der Waals surface area (Å²) >= 11 is 3.47. The van der Waals surface area contributed by atoms with Gasteiger partial charge in [-0.2, -0.15) is 5.26 Å². The van der Waals surface area contributed by atoms with Crippen LogP contribution in [0.5, 0.6) is 0 Å². The zero-order chi connectivity index (χ0) is 11.8. The van der Waals surface area contributed by atoms with Crippen LogP contribution < -0.4 is 0 Å². The first-order valence-corrected chi connectivity index (χ1v) is 5.94. The largest absolute Gasteiger partial charge is 0.197 e. The molecule has 0 radical (unpaired) electrons. The number of hydrogen-bond acceptors (Lipinski definition) is 1. The lowest BCUT2D eigenvalue weighted by Gasteiger charge is -2.18. The van der Waals surface area contributed by atoms with Gasteiger partial charge in [-0.3, -0.25) is 0 Å². The fourth-order valence-corrected chi connectivity index (χ4v) is 2.21. The van der Waals surface area contributed by atoms with Crippen LogP contribution in [0.4, 0.5) is 0 Å². The van der Waals surface area contributed by atoms with Crippen LogP contribution in [0.15, 0.2) is 40.9 Å². The van der Waals surface area contributed by atoms with E-state index < -0.39 is 5.41 Å². The van der Waals surface area contributed by atoms with Crippen molar-refractivity contribution in [3.8, 4) is 6.07 Å². The summed E-state index contributed by atoms with van der Waals surface area (Å²) in [5.74, 6) is 0. The Morgan fingerprint density at radius 3 is 2.62 bits per heavy atom. The Kier molecular flexibility index (Phi) is 2.73. The number of rotatable bonds is 1. The molecule has 2 heteroatoms. The van der Waals surface area contributed by atoms with E-state index in [9.17, 15) is 5.26 Å². The zero-order valence-corrected chi connectivity index (χ0v) is 10.9. The van der Waals surface area contributed by atoms with E-state index in [1.165, 1.54) is 5.39 Å². The van der Waals surface area contributed by atoms with Crippen molar-refractivity contribution in [3.63, 3.8) is 0 Å². The summed E-state index contributed by atoms with van der Waals surface area (Å²) in [5, 5.41) is 11.5. The number of nitrogens with zero attached hydrogens (tertiary/aromatic N) is 1. The molecule has 0 aliphatic rings. The fourth-order valence-electron chi connectivity index (χ4n) is 1.85. The number of benzene rings is 2. The molecule has 1 nitrogen and oxygen atoms in total. The molecule has 0 bridgehead atoms. The maximum absolute atomic E-state index is 9.21. The van der Waals surface area contributed by atoms with Crippen LogP contribution in [-0.4, -0.2) is 0 Å². The maximum Gasteiger partial charge on any atom is 0.0772 e. The highest BCUT2D eigenvalue weighted by molar-refractivity contribution is 9.10. The standard InChI is InChI=1S/C14H12BrN/c1-14(2,9-16)13-5-3-4-10-6-7-11(15)8-12(10)13/h3-8H,1-2H3. The lowest BCUT2D eigenvalue weighted by molar-refractivity contribution is 0.694. The van der Waals surface area contributed by atoms with Crippen molar-refractivity contribution in [2.75, 3.05) is 0 Å². The molecule has 0 amide bonds. The quantitative estimate of drug-likeness (QED) is 0.755. The summed E-state index contributed by atoms with van der Waals surface area (Å²) in [7, 11) is 0. The van der Waals surface area contributed by atoms with Crippen molar-refractivity contribution in [2.24, 2.45) is 0 Å². The van der Waals surface area contributed by atoms with Crippen molar-refractivity contribution >= 4 is 26.7 Å². The van der Waals surface area contributed by atoms with E-state index in [1.807, 2.05) is 32.0 Å². The molecule has 2 aromatic carbocycles. The van der Waals surface area contributed by atoms with Crippen molar-refractivity contribution in [1.82, 2.24) is 0 Å². The molecule has 0 heterocycles. The molecule has 0 aromatic heterocycles. The van der Waals surface area contributed by atoms with E-state index in [0.717, 1.165) is 15.4 Å². The van der Waals surface area contributed by atoms with Gasteiger partial charge in [-0.15, -0.1) is 0 Å². The molecule has 2 rings (SSSR count). The molecule has 0 aliphatic carbocycles. The first-order valence-electron chi connectivity index (χ1n) is 5.14. The second-order valence-corrected chi connectivity index (χ2v) is 5.32. The minimum Gasteiger partial charge on any atom is -0.197 e. The summed E-state index contributed by atoms with van der Waals surface area (Å²) in [4.78, 5) is 0. The molecule has 16 heavy (non-hydrogen) atoms. The smallest absolute Gasteiger partial charge is 0.0772 e. The van der Waals surface area contributed by atoms with Gasteiger partial charge in [-0.1, -0.05) is 40.2 Å². The highest BCUT2D eigenvalue weighted by atomic mass is 79.9. The molecule has 0 saturated carbocycles. The Balaban J connectivity index is 2.81. The summed E-state index contributed by atoms with van der Waals surface area (Å²) in [6, 6.07) is 14.6. The van der Waals surface area contributed by atoms with E-state index in [1.54, 1.807) is 0 Å². The first kappa shape index (κ1) is 11.2. The predicted octanol–water partition coefficient (Wildman–Crippen LogP) is 4.40. The van der Waals surface area contributed by atoms with Gasteiger partial charge in [0.25, 0.3) is 0 Å². The molecule has 0 fully saturated rings. The molecule has 0 spiro atoms. The summed E-state index contributed by atoms with van der Waals surface area (Å²) in [5.41, 5.74) is 0.620. The second-order valence-electron chi connectivity index (χ2n) is 4.41. The number of hydrogen-bond donors (Lipinski definition) is 0. The third kappa shape index (κ3) is 1.83. The average Bonchev–Trinajstić information content (AvgIpc) is 2.28. The van der Waals surface area contributed by atoms with Crippen LogP contribution in [-0.2, 0) is 5.41 Å². The fraction of sp³-hybridized carbons (Fsp3) is 0.214. The third-order valence-electron chi connectivity index (χ3n) is 2.80. The summed E-state index contributed by atoms with van der Waals surface area (Å²) in [6.07, 6.45) is 0. The number of halogens is 1. The van der Waals surface area contributed by atoms with Gasteiger partial charge in [0.05, 0.1) is 11.5 Å². The SMILES string of the molecule is CC(C)(C#N)c1cccc2ccc(Br)cc12. The lowest BCUT2D eigenvalue weighted by atomic mass is 9.83. The highest BCUT2D eigenvalue weighted by Gasteiger charge is 2.21. The van der Waals surface area contributed by atoms with E-state index in [0.29, 0.717) is 0 Å². The van der Waals surface area contributed by atoms with Gasteiger partial charge >= 0.3 is 0 Å². The van der Waals surface area contributed by atoms with Crippen molar-refractivity contribution in [1.29, 1.82) is 5.26 Å². The third-order valence-corrected chi connectivity index (χ3v) is 3.29. The van der Waals surface area contributed by atoms with Crippen LogP contribution >= 0.6 is 15.9 Å². The maximum atomic E-state index is 9.21. The van der Waals surface area contributed by atoms with Gasteiger partial charge in [-0.25, -0.2) is 0 Å². The van der Waals surface area contributed by atoms with Gasteiger partial charge < -0.3 is 0 Å². The van der Waals surface area contributed by atoms with Gasteiger partial charge in [0.2, 0.25) is 0 Å². The minimum atomic E-state index is -0.458. The van der Waals surface area contributed by atoms with Crippen LogP contribution in [0.1, 0.15) is 19.4 Å². The number of nitriles is 1. The second kappa shape index (κ2) is 3.92. The molecule has 80 valence electrons. The first-order chi connectivity index (χ1) is 7.54. The van der Waals surface area contributed by atoms with Crippen molar-refractivity contribution < 1.29 is 0 Å². The molecule has 2 aromatic rings. The van der Waals surface area contributed by atoms with Gasteiger partial charge in [-0.05, 0) is 42.3 Å². The normalized spacial score (nSPS) is 11.4. The minimum absolute atomic E-state index is 0.458. The molecule has 0 saturated heterocycles. The predicted molar refractivity (Wildman–Crippen MR) is 70.3 cm³/mol. The van der Waals surface area contributed by atoms with E-state index >= 15 is 0 Å². The van der Waals surface area contributed by atoms with E-state index in [-0.39, 0.29) is 0 Å².